The molecule has 2 fully saturated rings. The molecule has 1 unspecified atom stereocenters. The van der Waals surface area contributed by atoms with Gasteiger partial charge in [-0.1, -0.05) is 19.3 Å². The van der Waals surface area contributed by atoms with Crippen molar-refractivity contribution in [1.82, 2.24) is 4.90 Å². The van der Waals surface area contributed by atoms with Gasteiger partial charge < -0.3 is 9.47 Å². The summed E-state index contributed by atoms with van der Waals surface area (Å²) in [6.45, 7) is 11.8. The summed E-state index contributed by atoms with van der Waals surface area (Å²) in [5, 5.41) is 0. The Bertz CT molecular complexity index is 388. The zero-order valence-electron chi connectivity index (χ0n) is 15.7. The maximum absolute atomic E-state index is 12.8. The SMILES string of the molecule is CC(C)(C)OC(=O)C(C)(C)C(OC1CCCCC1)N1CCCC1. The standard InChI is InChI=1S/C19H35NO3/c1-18(2,3)23-17(21)19(4,5)16(20-13-9-10-14-20)22-15-11-7-6-8-12-15/h15-16H,6-14H2,1-5H3. The zero-order valence-corrected chi connectivity index (χ0v) is 15.7. The van der Waals surface area contributed by atoms with Crippen LogP contribution in [0, 0.1) is 5.41 Å². The normalized spacial score (nSPS) is 23.0. The van der Waals surface area contributed by atoms with E-state index in [1.807, 2.05) is 34.6 Å². The molecule has 2 aliphatic rings. The number of esters is 1. The minimum atomic E-state index is -0.658. The summed E-state index contributed by atoms with van der Waals surface area (Å²) < 4.78 is 12.2. The third-order valence-corrected chi connectivity index (χ3v) is 4.89. The van der Waals surface area contributed by atoms with Crippen molar-refractivity contribution in [3.8, 4) is 0 Å². The van der Waals surface area contributed by atoms with E-state index in [-0.39, 0.29) is 18.3 Å². The van der Waals surface area contributed by atoms with Crippen LogP contribution < -0.4 is 0 Å². The molecule has 0 radical (unpaired) electrons. The minimum Gasteiger partial charge on any atom is -0.459 e. The van der Waals surface area contributed by atoms with Crippen LogP contribution in [-0.4, -0.2) is 41.9 Å². The number of rotatable bonds is 5. The van der Waals surface area contributed by atoms with Gasteiger partial charge in [0.15, 0.2) is 0 Å². The first kappa shape index (κ1) is 18.7. The van der Waals surface area contributed by atoms with Crippen LogP contribution in [0.25, 0.3) is 0 Å². The fraction of sp³-hybridized carbons (Fsp3) is 0.947. The van der Waals surface area contributed by atoms with Gasteiger partial charge in [-0.3, -0.25) is 9.69 Å². The molecule has 0 N–H and O–H groups in total. The molecule has 1 heterocycles. The van der Waals surface area contributed by atoms with E-state index in [0.29, 0.717) is 0 Å². The minimum absolute atomic E-state index is 0.155. The van der Waals surface area contributed by atoms with Crippen molar-refractivity contribution in [3.05, 3.63) is 0 Å². The van der Waals surface area contributed by atoms with E-state index in [9.17, 15) is 4.79 Å². The van der Waals surface area contributed by atoms with E-state index >= 15 is 0 Å². The van der Waals surface area contributed by atoms with Crippen molar-refractivity contribution in [2.24, 2.45) is 5.41 Å². The third-order valence-electron chi connectivity index (χ3n) is 4.89. The Hall–Kier alpha value is -0.610. The summed E-state index contributed by atoms with van der Waals surface area (Å²) in [6.07, 6.45) is 8.52. The van der Waals surface area contributed by atoms with Crippen molar-refractivity contribution < 1.29 is 14.3 Å². The molecule has 0 aromatic heterocycles. The molecule has 1 aliphatic carbocycles. The fourth-order valence-electron chi connectivity index (χ4n) is 3.58. The Morgan fingerprint density at radius 2 is 1.52 bits per heavy atom. The van der Waals surface area contributed by atoms with E-state index in [0.717, 1.165) is 25.9 Å². The first-order valence-corrected chi connectivity index (χ1v) is 9.33. The van der Waals surface area contributed by atoms with Crippen molar-refractivity contribution in [3.63, 3.8) is 0 Å². The van der Waals surface area contributed by atoms with E-state index in [2.05, 4.69) is 4.90 Å². The summed E-state index contributed by atoms with van der Waals surface area (Å²) in [4.78, 5) is 15.1. The van der Waals surface area contributed by atoms with Gasteiger partial charge in [0.2, 0.25) is 0 Å². The highest BCUT2D eigenvalue weighted by molar-refractivity contribution is 5.77. The van der Waals surface area contributed by atoms with Crippen LogP contribution in [0.3, 0.4) is 0 Å². The summed E-state index contributed by atoms with van der Waals surface area (Å²) in [5.74, 6) is -0.155. The number of hydrogen-bond donors (Lipinski definition) is 0. The maximum atomic E-state index is 12.8. The van der Waals surface area contributed by atoms with Gasteiger partial charge in [0.05, 0.1) is 6.10 Å². The largest absolute Gasteiger partial charge is 0.459 e. The summed E-state index contributed by atoms with van der Waals surface area (Å²) in [6, 6.07) is 0. The monoisotopic (exact) mass is 325 g/mol. The highest BCUT2D eigenvalue weighted by Crippen LogP contribution is 2.34. The number of carbonyl (C=O) groups excluding carboxylic acids is 1. The first-order chi connectivity index (χ1) is 10.7. The van der Waals surface area contributed by atoms with E-state index in [1.165, 1.54) is 32.1 Å². The molecule has 0 amide bonds. The Balaban J connectivity index is 2.11. The van der Waals surface area contributed by atoms with Crippen LogP contribution in [0.4, 0.5) is 0 Å². The van der Waals surface area contributed by atoms with Gasteiger partial charge in [0, 0.05) is 13.1 Å². The third kappa shape index (κ3) is 5.18. The van der Waals surface area contributed by atoms with Crippen LogP contribution in [0.15, 0.2) is 0 Å². The van der Waals surface area contributed by atoms with Gasteiger partial charge in [-0.05, 0) is 60.3 Å². The molecule has 0 aromatic carbocycles. The molecular weight excluding hydrogens is 290 g/mol. The van der Waals surface area contributed by atoms with Gasteiger partial charge in [0.25, 0.3) is 0 Å². The maximum Gasteiger partial charge on any atom is 0.316 e. The van der Waals surface area contributed by atoms with Crippen molar-refractivity contribution in [2.45, 2.75) is 97.5 Å². The average molecular weight is 325 g/mol. The summed E-state index contributed by atoms with van der Waals surface area (Å²) in [5.41, 5.74) is -1.12. The second-order valence-electron chi connectivity index (χ2n) is 8.72. The zero-order chi connectivity index (χ0) is 17.1. The van der Waals surface area contributed by atoms with Crippen LogP contribution in [0.1, 0.15) is 79.6 Å². The van der Waals surface area contributed by atoms with E-state index in [1.54, 1.807) is 0 Å². The van der Waals surface area contributed by atoms with E-state index < -0.39 is 11.0 Å². The highest BCUT2D eigenvalue weighted by Gasteiger charge is 2.45. The number of hydrogen-bond acceptors (Lipinski definition) is 4. The molecule has 1 aliphatic heterocycles. The molecule has 0 spiro atoms. The second kappa shape index (κ2) is 7.52. The van der Waals surface area contributed by atoms with Gasteiger partial charge in [0.1, 0.15) is 17.2 Å². The smallest absolute Gasteiger partial charge is 0.316 e. The molecule has 134 valence electrons. The lowest BCUT2D eigenvalue weighted by molar-refractivity contribution is -0.197. The van der Waals surface area contributed by atoms with Gasteiger partial charge >= 0.3 is 5.97 Å². The molecule has 4 heteroatoms. The number of carbonyl (C=O) groups is 1. The van der Waals surface area contributed by atoms with E-state index in [4.69, 9.17) is 9.47 Å². The molecule has 4 nitrogen and oxygen atoms in total. The number of ether oxygens (including phenoxy) is 2. The molecular formula is C19H35NO3. The first-order valence-electron chi connectivity index (χ1n) is 9.33. The molecule has 1 saturated carbocycles. The van der Waals surface area contributed by atoms with Crippen LogP contribution in [0.5, 0.6) is 0 Å². The van der Waals surface area contributed by atoms with Gasteiger partial charge in [-0.2, -0.15) is 0 Å². The van der Waals surface area contributed by atoms with Gasteiger partial charge in [-0.25, -0.2) is 0 Å². The Labute approximate surface area is 141 Å². The molecule has 1 saturated heterocycles. The van der Waals surface area contributed by atoms with Crippen molar-refractivity contribution in [1.29, 1.82) is 0 Å². The lowest BCUT2D eigenvalue weighted by Gasteiger charge is -2.41. The second-order valence-corrected chi connectivity index (χ2v) is 8.72. The molecule has 0 aromatic rings. The predicted octanol–water partition coefficient (Wildman–Crippen LogP) is 4.13. The Morgan fingerprint density at radius 3 is 2.04 bits per heavy atom. The molecule has 0 bridgehead atoms. The quantitative estimate of drug-likeness (QED) is 0.713. The predicted molar refractivity (Wildman–Crippen MR) is 92.2 cm³/mol. The summed E-state index contributed by atoms with van der Waals surface area (Å²) in [7, 11) is 0. The number of nitrogens with zero attached hydrogens (tertiary/aromatic N) is 1. The van der Waals surface area contributed by atoms with Crippen LogP contribution in [0.2, 0.25) is 0 Å². The van der Waals surface area contributed by atoms with Gasteiger partial charge in [-0.15, -0.1) is 0 Å². The lowest BCUT2D eigenvalue weighted by atomic mass is 9.89. The Morgan fingerprint density at radius 1 is 0.957 bits per heavy atom. The average Bonchev–Trinajstić information content (AvgIpc) is 2.97. The molecule has 23 heavy (non-hydrogen) atoms. The topological polar surface area (TPSA) is 38.8 Å². The lowest BCUT2D eigenvalue weighted by Crippen LogP contribution is -2.52. The summed E-state index contributed by atoms with van der Waals surface area (Å²) >= 11 is 0. The number of likely N-dealkylation sites (tertiary alicyclic amines) is 1. The highest BCUT2D eigenvalue weighted by atomic mass is 16.6. The van der Waals surface area contributed by atoms with Crippen molar-refractivity contribution in [2.75, 3.05) is 13.1 Å². The molecule has 2 rings (SSSR count). The van der Waals surface area contributed by atoms with Crippen LogP contribution >= 0.6 is 0 Å². The Kier molecular flexibility index (Phi) is 6.12. The van der Waals surface area contributed by atoms with Crippen molar-refractivity contribution >= 4 is 5.97 Å². The van der Waals surface area contributed by atoms with Crippen LogP contribution in [-0.2, 0) is 14.3 Å². The fourth-order valence-corrected chi connectivity index (χ4v) is 3.58. The molecule has 1 atom stereocenters.